The number of carbonyl (C=O) groups is 2. The van der Waals surface area contributed by atoms with Crippen LogP contribution in [0.15, 0.2) is 0 Å². The molecule has 86 valence electrons. The molecule has 0 radical (unpaired) electrons. The molecular formula is C10H19N3O2. The van der Waals surface area contributed by atoms with E-state index >= 15 is 0 Å². The van der Waals surface area contributed by atoms with Gasteiger partial charge in [0.15, 0.2) is 0 Å². The summed E-state index contributed by atoms with van der Waals surface area (Å²) < 4.78 is 0. The van der Waals surface area contributed by atoms with Gasteiger partial charge in [0.2, 0.25) is 11.8 Å². The molecule has 0 aromatic carbocycles. The Kier molecular flexibility index (Phi) is 4.55. The number of rotatable bonds is 3. The predicted molar refractivity (Wildman–Crippen MR) is 57.1 cm³/mol. The monoisotopic (exact) mass is 213 g/mol. The van der Waals surface area contributed by atoms with E-state index in [2.05, 4.69) is 5.32 Å². The van der Waals surface area contributed by atoms with Crippen LogP contribution >= 0.6 is 0 Å². The molecule has 1 unspecified atom stereocenters. The second-order valence-corrected chi connectivity index (χ2v) is 3.85. The zero-order chi connectivity index (χ0) is 11.3. The number of nitrogens with zero attached hydrogens (tertiary/aromatic N) is 1. The third-order valence-corrected chi connectivity index (χ3v) is 2.63. The minimum Gasteiger partial charge on any atom is -0.354 e. The molecule has 3 N–H and O–H groups in total. The average Bonchev–Trinajstić information content (AvgIpc) is 2.42. The summed E-state index contributed by atoms with van der Waals surface area (Å²) in [6.07, 6.45) is 1.58. The Hall–Kier alpha value is -1.10. The predicted octanol–water partition coefficient (Wildman–Crippen LogP) is -0.538. The highest BCUT2D eigenvalue weighted by atomic mass is 16.2. The van der Waals surface area contributed by atoms with Crippen LogP contribution in [-0.2, 0) is 9.59 Å². The van der Waals surface area contributed by atoms with Crippen molar-refractivity contribution >= 4 is 11.8 Å². The summed E-state index contributed by atoms with van der Waals surface area (Å²) >= 11 is 0. The van der Waals surface area contributed by atoms with E-state index in [1.807, 2.05) is 6.92 Å². The van der Waals surface area contributed by atoms with Gasteiger partial charge in [0.25, 0.3) is 0 Å². The highest BCUT2D eigenvalue weighted by molar-refractivity contribution is 5.80. The zero-order valence-corrected chi connectivity index (χ0v) is 9.16. The van der Waals surface area contributed by atoms with Crippen molar-refractivity contribution in [1.29, 1.82) is 0 Å². The SMILES string of the molecule is CCC(N)CC(=O)N1CCNC(=O)CC1. The maximum absolute atomic E-state index is 11.7. The topological polar surface area (TPSA) is 75.4 Å². The van der Waals surface area contributed by atoms with Gasteiger partial charge in [-0.15, -0.1) is 0 Å². The minimum absolute atomic E-state index is 0.0186. The fourth-order valence-electron chi connectivity index (χ4n) is 1.51. The van der Waals surface area contributed by atoms with Gasteiger partial charge in [0, 0.05) is 38.5 Å². The van der Waals surface area contributed by atoms with Crippen molar-refractivity contribution in [2.24, 2.45) is 5.73 Å². The summed E-state index contributed by atoms with van der Waals surface area (Å²) in [6, 6.07) is -0.0654. The molecule has 0 spiro atoms. The Labute approximate surface area is 90.0 Å². The Bertz CT molecular complexity index is 243. The van der Waals surface area contributed by atoms with Crippen LogP contribution < -0.4 is 11.1 Å². The molecular weight excluding hydrogens is 194 g/mol. The smallest absolute Gasteiger partial charge is 0.224 e. The van der Waals surface area contributed by atoms with E-state index in [0.717, 1.165) is 6.42 Å². The average molecular weight is 213 g/mol. The van der Waals surface area contributed by atoms with Crippen molar-refractivity contribution in [3.05, 3.63) is 0 Å². The summed E-state index contributed by atoms with van der Waals surface area (Å²) in [7, 11) is 0. The lowest BCUT2D eigenvalue weighted by molar-refractivity contribution is -0.131. The molecule has 1 rings (SSSR count). The molecule has 5 nitrogen and oxygen atoms in total. The summed E-state index contributed by atoms with van der Waals surface area (Å²) in [5.41, 5.74) is 5.72. The van der Waals surface area contributed by atoms with Gasteiger partial charge in [-0.3, -0.25) is 9.59 Å². The Balaban J connectivity index is 2.41. The van der Waals surface area contributed by atoms with Crippen LogP contribution in [0.5, 0.6) is 0 Å². The van der Waals surface area contributed by atoms with Crippen LogP contribution in [0.4, 0.5) is 0 Å². The summed E-state index contributed by atoms with van der Waals surface area (Å²) in [6.45, 7) is 3.62. The number of carbonyl (C=O) groups excluding carboxylic acids is 2. The van der Waals surface area contributed by atoms with Crippen LogP contribution in [0.2, 0.25) is 0 Å². The molecule has 1 aliphatic heterocycles. The molecule has 0 aromatic rings. The van der Waals surface area contributed by atoms with Gasteiger partial charge in [0.1, 0.15) is 0 Å². The van der Waals surface area contributed by atoms with Gasteiger partial charge in [-0.05, 0) is 6.42 Å². The quantitative estimate of drug-likeness (QED) is 0.661. The first-order valence-corrected chi connectivity index (χ1v) is 5.43. The highest BCUT2D eigenvalue weighted by Crippen LogP contribution is 2.03. The van der Waals surface area contributed by atoms with Crippen LogP contribution in [0.1, 0.15) is 26.2 Å². The van der Waals surface area contributed by atoms with Crippen molar-refractivity contribution in [2.75, 3.05) is 19.6 Å². The second-order valence-electron chi connectivity index (χ2n) is 3.85. The first kappa shape index (κ1) is 12.0. The Morgan fingerprint density at radius 1 is 1.60 bits per heavy atom. The molecule has 5 heteroatoms. The third-order valence-electron chi connectivity index (χ3n) is 2.63. The van der Waals surface area contributed by atoms with E-state index in [9.17, 15) is 9.59 Å². The molecule has 1 atom stereocenters. The van der Waals surface area contributed by atoms with Gasteiger partial charge in [-0.25, -0.2) is 0 Å². The van der Waals surface area contributed by atoms with Crippen molar-refractivity contribution in [3.8, 4) is 0 Å². The third kappa shape index (κ3) is 3.87. The lowest BCUT2D eigenvalue weighted by Crippen LogP contribution is -2.37. The second kappa shape index (κ2) is 5.70. The number of nitrogens with two attached hydrogens (primary N) is 1. The number of nitrogens with one attached hydrogen (secondary N) is 1. The van der Waals surface area contributed by atoms with Crippen molar-refractivity contribution in [3.63, 3.8) is 0 Å². The van der Waals surface area contributed by atoms with Crippen LogP contribution in [0.3, 0.4) is 0 Å². The fraction of sp³-hybridized carbons (Fsp3) is 0.800. The van der Waals surface area contributed by atoms with Crippen LogP contribution in [0, 0.1) is 0 Å². The maximum Gasteiger partial charge on any atom is 0.224 e. The van der Waals surface area contributed by atoms with Gasteiger partial charge >= 0.3 is 0 Å². The minimum atomic E-state index is -0.0654. The first-order valence-electron chi connectivity index (χ1n) is 5.43. The van der Waals surface area contributed by atoms with Crippen LogP contribution in [-0.4, -0.2) is 42.4 Å². The molecule has 15 heavy (non-hydrogen) atoms. The Morgan fingerprint density at radius 3 is 3.00 bits per heavy atom. The molecule has 1 fully saturated rings. The standard InChI is InChI=1S/C10H19N3O2/c1-2-8(11)7-10(15)13-5-3-9(14)12-4-6-13/h8H,2-7,11H2,1H3,(H,12,14). The normalized spacial score (nSPS) is 19.3. The molecule has 2 amide bonds. The van der Waals surface area contributed by atoms with Gasteiger partial charge in [-0.2, -0.15) is 0 Å². The lowest BCUT2D eigenvalue weighted by Gasteiger charge is -2.21. The van der Waals surface area contributed by atoms with Crippen molar-refractivity contribution in [1.82, 2.24) is 10.2 Å². The van der Waals surface area contributed by atoms with Gasteiger partial charge in [-0.1, -0.05) is 6.92 Å². The first-order chi connectivity index (χ1) is 7.13. The number of hydrogen-bond acceptors (Lipinski definition) is 3. The molecule has 0 aliphatic carbocycles. The van der Waals surface area contributed by atoms with E-state index in [1.165, 1.54) is 0 Å². The van der Waals surface area contributed by atoms with Crippen molar-refractivity contribution < 1.29 is 9.59 Å². The fourth-order valence-corrected chi connectivity index (χ4v) is 1.51. The largest absolute Gasteiger partial charge is 0.354 e. The van der Waals surface area contributed by atoms with E-state index < -0.39 is 0 Å². The summed E-state index contributed by atoms with van der Waals surface area (Å²) in [5.74, 6) is 0.0749. The maximum atomic E-state index is 11.7. The molecule has 1 aliphatic rings. The Morgan fingerprint density at radius 2 is 2.33 bits per heavy atom. The highest BCUT2D eigenvalue weighted by Gasteiger charge is 2.19. The van der Waals surface area contributed by atoms with Gasteiger partial charge < -0.3 is 16.0 Å². The molecule has 0 bridgehead atoms. The van der Waals surface area contributed by atoms with E-state index in [-0.39, 0.29) is 17.9 Å². The number of amides is 2. The van der Waals surface area contributed by atoms with E-state index in [0.29, 0.717) is 32.5 Å². The molecule has 1 saturated heterocycles. The van der Waals surface area contributed by atoms with Gasteiger partial charge in [0.05, 0.1) is 0 Å². The zero-order valence-electron chi connectivity index (χ0n) is 9.16. The van der Waals surface area contributed by atoms with E-state index in [1.54, 1.807) is 4.90 Å². The molecule has 1 heterocycles. The lowest BCUT2D eigenvalue weighted by atomic mass is 10.1. The summed E-state index contributed by atoms with van der Waals surface area (Å²) in [5, 5.41) is 2.73. The van der Waals surface area contributed by atoms with E-state index in [4.69, 9.17) is 5.73 Å². The molecule has 0 aromatic heterocycles. The summed E-state index contributed by atoms with van der Waals surface area (Å²) in [4.78, 5) is 24.5. The molecule has 0 saturated carbocycles. The number of hydrogen-bond donors (Lipinski definition) is 2. The van der Waals surface area contributed by atoms with Crippen molar-refractivity contribution in [2.45, 2.75) is 32.2 Å². The van der Waals surface area contributed by atoms with Crippen LogP contribution in [0.25, 0.3) is 0 Å².